The maximum absolute atomic E-state index is 12.3. The van der Waals surface area contributed by atoms with Crippen LogP contribution in [0.15, 0.2) is 12.4 Å². The smallest absolute Gasteiger partial charge is 0.224 e. The Labute approximate surface area is 151 Å². The normalized spacial score (nSPS) is 14.8. The van der Waals surface area contributed by atoms with E-state index in [4.69, 9.17) is 0 Å². The zero-order valence-corrected chi connectivity index (χ0v) is 15.4. The molecule has 0 bridgehead atoms. The molecule has 3 heterocycles. The van der Waals surface area contributed by atoms with Gasteiger partial charge in [0.05, 0.1) is 5.39 Å². The first-order valence-electron chi connectivity index (χ1n) is 8.59. The molecule has 1 saturated heterocycles. The molecule has 0 aromatic carbocycles. The number of thiophene rings is 1. The largest absolute Gasteiger partial charge is 0.369 e. The molecule has 0 unspecified atom stereocenters. The molecule has 2 amide bonds. The van der Waals surface area contributed by atoms with Gasteiger partial charge in [-0.3, -0.25) is 9.59 Å². The van der Waals surface area contributed by atoms with Gasteiger partial charge < -0.3 is 15.1 Å². The van der Waals surface area contributed by atoms with Crippen molar-refractivity contribution in [1.29, 1.82) is 0 Å². The third kappa shape index (κ3) is 4.07. The maximum Gasteiger partial charge on any atom is 0.224 e. The highest BCUT2D eigenvalue weighted by Gasteiger charge is 2.21. The lowest BCUT2D eigenvalue weighted by Crippen LogP contribution is -2.50. The fourth-order valence-corrected chi connectivity index (χ4v) is 3.87. The van der Waals surface area contributed by atoms with E-state index in [1.54, 1.807) is 29.5 Å². The van der Waals surface area contributed by atoms with E-state index in [2.05, 4.69) is 28.3 Å². The van der Waals surface area contributed by atoms with Gasteiger partial charge in [0.15, 0.2) is 0 Å². The van der Waals surface area contributed by atoms with Crippen molar-refractivity contribution in [2.45, 2.75) is 26.7 Å². The minimum atomic E-state index is 0.0729. The SMILES string of the molecule is CCc1cc2c(NCCC(=O)N3CCN(C(C)=O)CC3)ncnc2s1. The molecule has 0 aliphatic carbocycles. The van der Waals surface area contributed by atoms with Crippen LogP contribution in [0.3, 0.4) is 0 Å². The van der Waals surface area contributed by atoms with Crippen LogP contribution in [-0.2, 0) is 16.0 Å². The number of hydrogen-bond acceptors (Lipinski definition) is 6. The number of anilines is 1. The number of aryl methyl sites for hydroxylation is 1. The second-order valence-corrected chi connectivity index (χ2v) is 7.19. The Kier molecular flexibility index (Phi) is 5.47. The molecule has 1 fully saturated rings. The molecule has 0 spiro atoms. The fourth-order valence-electron chi connectivity index (χ4n) is 2.94. The van der Waals surface area contributed by atoms with Gasteiger partial charge in [-0.1, -0.05) is 6.92 Å². The fraction of sp³-hybridized carbons (Fsp3) is 0.529. The van der Waals surface area contributed by atoms with Crippen LogP contribution in [0.2, 0.25) is 0 Å². The van der Waals surface area contributed by atoms with Gasteiger partial charge in [0.2, 0.25) is 11.8 Å². The molecule has 1 aliphatic heterocycles. The summed E-state index contributed by atoms with van der Waals surface area (Å²) in [7, 11) is 0. The minimum Gasteiger partial charge on any atom is -0.369 e. The lowest BCUT2D eigenvalue weighted by atomic mass is 10.2. The van der Waals surface area contributed by atoms with E-state index < -0.39 is 0 Å². The Morgan fingerprint density at radius 1 is 1.20 bits per heavy atom. The first-order valence-corrected chi connectivity index (χ1v) is 9.40. The lowest BCUT2D eigenvalue weighted by molar-refractivity contribution is -0.138. The highest BCUT2D eigenvalue weighted by Crippen LogP contribution is 2.28. The summed E-state index contributed by atoms with van der Waals surface area (Å²) in [6, 6.07) is 2.12. The molecule has 1 N–H and O–H groups in total. The van der Waals surface area contributed by atoms with E-state index in [0.29, 0.717) is 39.1 Å². The number of nitrogens with zero attached hydrogens (tertiary/aromatic N) is 4. The number of piperazine rings is 1. The van der Waals surface area contributed by atoms with Gasteiger partial charge in [0, 0.05) is 50.9 Å². The monoisotopic (exact) mass is 361 g/mol. The molecule has 8 heteroatoms. The molecule has 2 aromatic rings. The van der Waals surface area contributed by atoms with Crippen molar-refractivity contribution in [3.05, 3.63) is 17.3 Å². The maximum atomic E-state index is 12.3. The van der Waals surface area contributed by atoms with Gasteiger partial charge in [-0.2, -0.15) is 0 Å². The Bertz CT molecular complexity index is 767. The molecule has 7 nitrogen and oxygen atoms in total. The number of rotatable bonds is 5. The summed E-state index contributed by atoms with van der Waals surface area (Å²) in [5.74, 6) is 0.972. The molecule has 25 heavy (non-hydrogen) atoms. The number of carbonyl (C=O) groups is 2. The van der Waals surface area contributed by atoms with Crippen molar-refractivity contribution in [2.24, 2.45) is 0 Å². The molecule has 0 saturated carbocycles. The van der Waals surface area contributed by atoms with E-state index in [9.17, 15) is 9.59 Å². The molecule has 0 radical (unpaired) electrons. The quantitative estimate of drug-likeness (QED) is 0.878. The van der Waals surface area contributed by atoms with Crippen LogP contribution >= 0.6 is 11.3 Å². The van der Waals surface area contributed by atoms with Crippen molar-refractivity contribution in [3.8, 4) is 0 Å². The first kappa shape index (κ1) is 17.6. The van der Waals surface area contributed by atoms with Crippen LogP contribution in [0.4, 0.5) is 5.82 Å². The second-order valence-electron chi connectivity index (χ2n) is 6.07. The number of amides is 2. The minimum absolute atomic E-state index is 0.0729. The van der Waals surface area contributed by atoms with Crippen molar-refractivity contribution >= 4 is 39.2 Å². The van der Waals surface area contributed by atoms with Crippen LogP contribution in [0.1, 0.15) is 25.1 Å². The summed E-state index contributed by atoms with van der Waals surface area (Å²) in [6.45, 7) is 6.69. The number of aromatic nitrogens is 2. The summed E-state index contributed by atoms with van der Waals surface area (Å²) in [5, 5.41) is 4.29. The Morgan fingerprint density at radius 3 is 2.60 bits per heavy atom. The number of carbonyl (C=O) groups excluding carboxylic acids is 2. The second kappa shape index (κ2) is 7.77. The predicted octanol–water partition coefficient (Wildman–Crippen LogP) is 1.75. The Balaban J connectivity index is 1.52. The molecular formula is C17H23N5O2S. The van der Waals surface area contributed by atoms with Crippen molar-refractivity contribution in [1.82, 2.24) is 19.8 Å². The van der Waals surface area contributed by atoms with Gasteiger partial charge in [-0.15, -0.1) is 11.3 Å². The van der Waals surface area contributed by atoms with E-state index in [1.807, 2.05) is 4.90 Å². The zero-order chi connectivity index (χ0) is 17.8. The van der Waals surface area contributed by atoms with Crippen LogP contribution in [0.5, 0.6) is 0 Å². The van der Waals surface area contributed by atoms with Gasteiger partial charge in [-0.25, -0.2) is 9.97 Å². The third-order valence-corrected chi connectivity index (χ3v) is 5.63. The Morgan fingerprint density at radius 2 is 1.92 bits per heavy atom. The average molecular weight is 361 g/mol. The van der Waals surface area contributed by atoms with Crippen molar-refractivity contribution in [2.75, 3.05) is 38.0 Å². The lowest BCUT2D eigenvalue weighted by Gasteiger charge is -2.34. The summed E-state index contributed by atoms with van der Waals surface area (Å²) < 4.78 is 0. The van der Waals surface area contributed by atoms with Gasteiger partial charge in [-0.05, 0) is 12.5 Å². The third-order valence-electron chi connectivity index (χ3n) is 4.44. The predicted molar refractivity (Wildman–Crippen MR) is 98.7 cm³/mol. The number of nitrogens with one attached hydrogen (secondary N) is 1. The van der Waals surface area contributed by atoms with Crippen LogP contribution in [0, 0.1) is 0 Å². The summed E-state index contributed by atoms with van der Waals surface area (Å²) in [5.41, 5.74) is 0. The average Bonchev–Trinajstić information content (AvgIpc) is 3.06. The summed E-state index contributed by atoms with van der Waals surface area (Å²) >= 11 is 1.68. The molecule has 3 rings (SSSR count). The van der Waals surface area contributed by atoms with Crippen molar-refractivity contribution in [3.63, 3.8) is 0 Å². The topological polar surface area (TPSA) is 78.4 Å². The van der Waals surface area contributed by atoms with Gasteiger partial charge >= 0.3 is 0 Å². The summed E-state index contributed by atoms with van der Waals surface area (Å²) in [4.78, 5) is 38.1. The number of hydrogen-bond donors (Lipinski definition) is 1. The van der Waals surface area contributed by atoms with E-state index >= 15 is 0 Å². The van der Waals surface area contributed by atoms with E-state index in [-0.39, 0.29) is 11.8 Å². The van der Waals surface area contributed by atoms with Gasteiger partial charge in [0.25, 0.3) is 0 Å². The Hall–Kier alpha value is -2.22. The highest BCUT2D eigenvalue weighted by molar-refractivity contribution is 7.18. The number of fused-ring (bicyclic) bond motifs is 1. The molecule has 0 atom stereocenters. The van der Waals surface area contributed by atoms with Crippen LogP contribution in [0.25, 0.3) is 10.2 Å². The molecular weight excluding hydrogens is 338 g/mol. The molecule has 1 aliphatic rings. The molecule has 2 aromatic heterocycles. The van der Waals surface area contributed by atoms with Crippen LogP contribution < -0.4 is 5.32 Å². The first-order chi connectivity index (χ1) is 12.1. The highest BCUT2D eigenvalue weighted by atomic mass is 32.1. The van der Waals surface area contributed by atoms with Gasteiger partial charge in [0.1, 0.15) is 17.0 Å². The van der Waals surface area contributed by atoms with E-state index in [0.717, 1.165) is 22.5 Å². The zero-order valence-electron chi connectivity index (χ0n) is 14.6. The summed E-state index contributed by atoms with van der Waals surface area (Å²) in [6.07, 6.45) is 2.95. The standard InChI is InChI=1S/C17H23N5O2S/c1-3-13-10-14-16(19-11-20-17(14)25-13)18-5-4-15(24)22-8-6-21(7-9-22)12(2)23/h10-11H,3-9H2,1-2H3,(H,18,19,20). The van der Waals surface area contributed by atoms with Crippen molar-refractivity contribution < 1.29 is 9.59 Å². The van der Waals surface area contributed by atoms with E-state index in [1.165, 1.54) is 4.88 Å². The van der Waals surface area contributed by atoms with Crippen LogP contribution in [-0.4, -0.2) is 64.3 Å². The molecule has 134 valence electrons.